The van der Waals surface area contributed by atoms with Gasteiger partial charge in [-0.2, -0.15) is 0 Å². The fraction of sp³-hybridized carbons (Fsp3) is 0.667. The Labute approximate surface area is 162 Å². The minimum Gasteiger partial charge on any atom is -0.369 e. The van der Waals surface area contributed by atoms with Crippen LogP contribution in [0.2, 0.25) is 0 Å². The summed E-state index contributed by atoms with van der Waals surface area (Å²) in [6.45, 7) is 10.4. The number of carbonyl (C=O) groups excluding carboxylic acids is 1. The summed E-state index contributed by atoms with van der Waals surface area (Å²) >= 11 is 1.82. The molecule has 0 amide bonds. The molecule has 5 heteroatoms. The zero-order chi connectivity index (χ0) is 18.4. The molecule has 0 bridgehead atoms. The van der Waals surface area contributed by atoms with Gasteiger partial charge in [-0.05, 0) is 76.2 Å². The number of hydrogen-bond acceptors (Lipinski definition) is 5. The number of Topliss-reactive ketones (excluding diaryl/α,β-unsaturated/α-hetero) is 1. The number of likely N-dealkylation sites (tertiary alicyclic amines) is 1. The molecule has 2 aliphatic rings. The minimum atomic E-state index is 0.296. The van der Waals surface area contributed by atoms with E-state index in [0.29, 0.717) is 12.3 Å². The topological polar surface area (TPSA) is 26.8 Å². The highest BCUT2D eigenvalue weighted by atomic mass is 32.2. The molecule has 0 unspecified atom stereocenters. The minimum absolute atomic E-state index is 0.296. The highest BCUT2D eigenvalue weighted by molar-refractivity contribution is 7.98. The van der Waals surface area contributed by atoms with Gasteiger partial charge in [0.1, 0.15) is 5.78 Å². The lowest BCUT2D eigenvalue weighted by Crippen LogP contribution is -2.47. The lowest BCUT2D eigenvalue weighted by Gasteiger charge is -2.37. The molecule has 26 heavy (non-hydrogen) atoms. The van der Waals surface area contributed by atoms with E-state index in [2.05, 4.69) is 45.2 Å². The van der Waals surface area contributed by atoms with Gasteiger partial charge in [-0.25, -0.2) is 0 Å². The van der Waals surface area contributed by atoms with Gasteiger partial charge in [-0.15, -0.1) is 11.8 Å². The highest BCUT2D eigenvalue weighted by Gasteiger charge is 2.22. The summed E-state index contributed by atoms with van der Waals surface area (Å²) < 4.78 is 0. The van der Waals surface area contributed by atoms with E-state index in [0.717, 1.165) is 32.1 Å². The quantitative estimate of drug-likeness (QED) is 0.682. The summed E-state index contributed by atoms with van der Waals surface area (Å²) in [6.07, 6.45) is 5.97. The number of benzene rings is 1. The van der Waals surface area contributed by atoms with Gasteiger partial charge in [-0.3, -0.25) is 14.6 Å². The zero-order valence-corrected chi connectivity index (χ0v) is 17.1. The largest absolute Gasteiger partial charge is 0.369 e. The van der Waals surface area contributed by atoms with Crippen molar-refractivity contribution in [3.8, 4) is 0 Å². The molecule has 0 atom stereocenters. The number of nitrogens with zero attached hydrogens (tertiary/aromatic N) is 3. The first-order valence-electron chi connectivity index (χ1n) is 9.97. The van der Waals surface area contributed by atoms with E-state index < -0.39 is 0 Å². The maximum Gasteiger partial charge on any atom is 0.143 e. The molecular weight excluding hydrogens is 342 g/mol. The summed E-state index contributed by atoms with van der Waals surface area (Å²) in [4.78, 5) is 20.1. The van der Waals surface area contributed by atoms with Gasteiger partial charge in [-0.1, -0.05) is 6.07 Å². The first-order valence-corrected chi connectivity index (χ1v) is 11.2. The molecule has 4 nitrogen and oxygen atoms in total. The normalized spacial score (nSPS) is 20.5. The molecule has 2 heterocycles. The molecule has 0 radical (unpaired) electrons. The second kappa shape index (κ2) is 9.77. The molecule has 1 aromatic rings. The number of hydrogen-bond donors (Lipinski definition) is 0. The van der Waals surface area contributed by atoms with E-state index in [1.807, 2.05) is 11.8 Å². The van der Waals surface area contributed by atoms with Crippen LogP contribution in [0.25, 0.3) is 0 Å². The van der Waals surface area contributed by atoms with Crippen molar-refractivity contribution in [2.45, 2.75) is 31.1 Å². The molecule has 0 aromatic heterocycles. The Morgan fingerprint density at radius 3 is 2.46 bits per heavy atom. The van der Waals surface area contributed by atoms with Crippen LogP contribution in [0.5, 0.6) is 0 Å². The Balaban J connectivity index is 1.36. The predicted molar refractivity (Wildman–Crippen MR) is 111 cm³/mol. The Morgan fingerprint density at radius 1 is 1.08 bits per heavy atom. The number of thioether (sulfide) groups is 1. The van der Waals surface area contributed by atoms with Gasteiger partial charge in [0.25, 0.3) is 0 Å². The highest BCUT2D eigenvalue weighted by Crippen LogP contribution is 2.24. The maximum absolute atomic E-state index is 11.2. The first kappa shape index (κ1) is 19.7. The van der Waals surface area contributed by atoms with E-state index in [9.17, 15) is 4.79 Å². The third kappa shape index (κ3) is 5.73. The van der Waals surface area contributed by atoms with Crippen molar-refractivity contribution in [3.63, 3.8) is 0 Å². The Morgan fingerprint density at radius 2 is 1.81 bits per heavy atom. The Kier molecular flexibility index (Phi) is 7.41. The Bertz CT molecular complexity index is 578. The summed E-state index contributed by atoms with van der Waals surface area (Å²) in [5, 5.41) is 0. The summed E-state index contributed by atoms with van der Waals surface area (Å²) in [5.74, 6) is 1.14. The van der Waals surface area contributed by atoms with Crippen molar-refractivity contribution in [1.82, 2.24) is 9.80 Å². The van der Waals surface area contributed by atoms with E-state index in [1.54, 1.807) is 6.92 Å². The standard InChI is InChI=1S/C21H33N3OS/c1-18(25)17-23-10-7-19(8-11-23)6-9-22-12-14-24(15-13-22)20-4-3-5-21(16-20)26-2/h3-5,16,19H,6-15,17H2,1-2H3. The monoisotopic (exact) mass is 375 g/mol. The van der Waals surface area contributed by atoms with Crippen LogP contribution in [0.1, 0.15) is 26.2 Å². The number of piperidine rings is 1. The average Bonchev–Trinajstić information content (AvgIpc) is 2.67. The molecular formula is C21H33N3OS. The van der Waals surface area contributed by atoms with Crippen molar-refractivity contribution in [1.29, 1.82) is 0 Å². The van der Waals surface area contributed by atoms with Gasteiger partial charge < -0.3 is 4.90 Å². The van der Waals surface area contributed by atoms with Crippen molar-refractivity contribution in [2.75, 3.05) is 63.5 Å². The van der Waals surface area contributed by atoms with Crippen LogP contribution >= 0.6 is 11.8 Å². The summed E-state index contributed by atoms with van der Waals surface area (Å²) in [5.41, 5.74) is 1.37. The molecule has 2 saturated heterocycles. The second-order valence-electron chi connectivity index (χ2n) is 7.74. The van der Waals surface area contributed by atoms with Crippen LogP contribution in [0.15, 0.2) is 29.2 Å². The van der Waals surface area contributed by atoms with E-state index in [1.165, 1.54) is 49.5 Å². The van der Waals surface area contributed by atoms with Crippen molar-refractivity contribution in [3.05, 3.63) is 24.3 Å². The molecule has 2 fully saturated rings. The lowest BCUT2D eigenvalue weighted by molar-refractivity contribution is -0.118. The van der Waals surface area contributed by atoms with Crippen molar-refractivity contribution >= 4 is 23.2 Å². The molecule has 0 spiro atoms. The van der Waals surface area contributed by atoms with Gasteiger partial charge in [0.2, 0.25) is 0 Å². The van der Waals surface area contributed by atoms with E-state index >= 15 is 0 Å². The SMILES string of the molecule is CSc1cccc(N2CCN(CCC3CCN(CC(C)=O)CC3)CC2)c1. The fourth-order valence-electron chi connectivity index (χ4n) is 4.15. The smallest absolute Gasteiger partial charge is 0.143 e. The second-order valence-corrected chi connectivity index (χ2v) is 8.62. The maximum atomic E-state index is 11.2. The summed E-state index contributed by atoms with van der Waals surface area (Å²) in [6, 6.07) is 8.91. The lowest BCUT2D eigenvalue weighted by atomic mass is 9.93. The molecule has 2 aliphatic heterocycles. The van der Waals surface area contributed by atoms with Gasteiger partial charge in [0, 0.05) is 36.8 Å². The predicted octanol–water partition coefficient (Wildman–Crippen LogP) is 3.22. The average molecular weight is 376 g/mol. The van der Waals surface area contributed by atoms with E-state index in [4.69, 9.17) is 0 Å². The van der Waals surface area contributed by atoms with Crippen LogP contribution in [-0.4, -0.2) is 74.2 Å². The number of carbonyl (C=O) groups is 1. The first-order chi connectivity index (χ1) is 12.6. The molecule has 0 aliphatic carbocycles. The zero-order valence-electron chi connectivity index (χ0n) is 16.3. The van der Waals surface area contributed by atoms with Crippen molar-refractivity contribution < 1.29 is 4.79 Å². The van der Waals surface area contributed by atoms with Crippen LogP contribution in [0, 0.1) is 5.92 Å². The third-order valence-electron chi connectivity index (χ3n) is 5.80. The fourth-order valence-corrected chi connectivity index (χ4v) is 4.60. The van der Waals surface area contributed by atoms with E-state index in [-0.39, 0.29) is 0 Å². The number of ketones is 1. The number of anilines is 1. The molecule has 0 N–H and O–H groups in total. The third-order valence-corrected chi connectivity index (χ3v) is 6.52. The number of piperazine rings is 1. The van der Waals surface area contributed by atoms with Gasteiger partial charge in [0.15, 0.2) is 0 Å². The molecule has 3 rings (SSSR count). The molecule has 0 saturated carbocycles. The van der Waals surface area contributed by atoms with Crippen LogP contribution in [-0.2, 0) is 4.79 Å². The van der Waals surface area contributed by atoms with Crippen LogP contribution in [0.3, 0.4) is 0 Å². The Hall–Kier alpha value is -1.04. The summed E-state index contributed by atoms with van der Waals surface area (Å²) in [7, 11) is 0. The van der Waals surface area contributed by atoms with Crippen molar-refractivity contribution in [2.24, 2.45) is 5.92 Å². The molecule has 144 valence electrons. The van der Waals surface area contributed by atoms with Gasteiger partial charge >= 0.3 is 0 Å². The molecule has 1 aromatic carbocycles. The number of rotatable bonds is 7. The van der Waals surface area contributed by atoms with Gasteiger partial charge in [0.05, 0.1) is 6.54 Å². The van der Waals surface area contributed by atoms with Crippen LogP contribution < -0.4 is 4.90 Å². The van der Waals surface area contributed by atoms with Crippen LogP contribution in [0.4, 0.5) is 5.69 Å².